The van der Waals surface area contributed by atoms with Crippen molar-refractivity contribution >= 4 is 44.7 Å². The lowest BCUT2D eigenvalue weighted by molar-refractivity contribution is -0.114. The Bertz CT molecular complexity index is 1360. The van der Waals surface area contributed by atoms with Crippen molar-refractivity contribution < 1.29 is 18.0 Å². The quantitative estimate of drug-likeness (QED) is 0.341. The number of aromatic nitrogens is 1. The molecule has 0 spiro atoms. The third kappa shape index (κ3) is 7.36. The van der Waals surface area contributed by atoms with Crippen LogP contribution >= 0.6 is 11.3 Å². The van der Waals surface area contributed by atoms with Crippen LogP contribution < -0.4 is 20.7 Å². The van der Waals surface area contributed by atoms with Gasteiger partial charge in [0.05, 0.1) is 9.77 Å². The second-order valence-corrected chi connectivity index (χ2v) is 12.3. The van der Waals surface area contributed by atoms with Crippen molar-refractivity contribution in [3.8, 4) is 21.0 Å². The molecule has 4 N–H and O–H groups in total. The zero-order valence-corrected chi connectivity index (χ0v) is 22.7. The van der Waals surface area contributed by atoms with Gasteiger partial charge in [-0.3, -0.25) is 4.79 Å². The minimum Gasteiger partial charge on any atom is -0.336 e. The van der Waals surface area contributed by atoms with Gasteiger partial charge in [0.25, 0.3) is 0 Å². The Hall–Kier alpha value is -3.28. The second-order valence-electron chi connectivity index (χ2n) is 9.61. The fourth-order valence-corrected chi connectivity index (χ4v) is 6.04. The molecule has 0 aliphatic heterocycles. The van der Waals surface area contributed by atoms with E-state index in [2.05, 4.69) is 25.7 Å². The van der Waals surface area contributed by atoms with Crippen LogP contribution in [-0.4, -0.2) is 36.9 Å². The van der Waals surface area contributed by atoms with Crippen molar-refractivity contribution in [2.75, 3.05) is 10.6 Å². The maximum absolute atomic E-state index is 13.3. The van der Waals surface area contributed by atoms with Crippen LogP contribution in [0.25, 0.3) is 21.0 Å². The third-order valence-corrected chi connectivity index (χ3v) is 7.49. The number of thiazole rings is 1. The van der Waals surface area contributed by atoms with E-state index in [9.17, 15) is 18.0 Å². The smallest absolute Gasteiger partial charge is 0.319 e. The molecule has 0 saturated heterocycles. The Morgan fingerprint density at radius 2 is 1.61 bits per heavy atom. The van der Waals surface area contributed by atoms with Gasteiger partial charge < -0.3 is 16.0 Å². The van der Waals surface area contributed by atoms with Gasteiger partial charge in [0.15, 0.2) is 0 Å². The van der Waals surface area contributed by atoms with E-state index < -0.39 is 15.6 Å². The number of anilines is 2. The molecule has 2 aromatic carbocycles. The van der Waals surface area contributed by atoms with E-state index in [4.69, 9.17) is 0 Å². The highest BCUT2D eigenvalue weighted by Crippen LogP contribution is 2.37. The maximum Gasteiger partial charge on any atom is 0.319 e. The molecular formula is C25H31N5O4S2. The van der Waals surface area contributed by atoms with Gasteiger partial charge in [0.1, 0.15) is 5.01 Å². The average Bonchev–Trinajstić information content (AvgIpc) is 3.21. The SMILES string of the molecule is CC(=O)Nc1ccc(-c2cnc(-c3ccc(NC(=O)NC(C)C)cc3)s2)c(S(=O)(=O)NC(C)(C)C)c1. The number of sulfonamides is 1. The molecule has 192 valence electrons. The number of nitrogens with zero attached hydrogens (tertiary/aromatic N) is 1. The van der Waals surface area contributed by atoms with E-state index in [1.807, 2.05) is 26.0 Å². The number of urea groups is 1. The first-order valence-electron chi connectivity index (χ1n) is 11.3. The Labute approximate surface area is 215 Å². The molecule has 0 fully saturated rings. The molecule has 0 atom stereocenters. The van der Waals surface area contributed by atoms with Crippen molar-refractivity contribution in [1.82, 2.24) is 15.0 Å². The van der Waals surface area contributed by atoms with E-state index in [0.717, 1.165) is 5.56 Å². The summed E-state index contributed by atoms with van der Waals surface area (Å²) in [7, 11) is -3.90. The van der Waals surface area contributed by atoms with E-state index in [-0.39, 0.29) is 22.9 Å². The van der Waals surface area contributed by atoms with E-state index >= 15 is 0 Å². The molecule has 0 aliphatic rings. The van der Waals surface area contributed by atoms with Gasteiger partial charge in [0, 0.05) is 47.2 Å². The first kappa shape index (κ1) is 27.3. The maximum atomic E-state index is 13.3. The molecule has 11 heteroatoms. The molecule has 3 aromatic rings. The van der Waals surface area contributed by atoms with Gasteiger partial charge in [-0.25, -0.2) is 22.9 Å². The number of hydrogen-bond donors (Lipinski definition) is 4. The predicted octanol–water partition coefficient (Wildman–Crippen LogP) is 5.04. The zero-order chi connectivity index (χ0) is 26.7. The Morgan fingerprint density at radius 3 is 2.19 bits per heavy atom. The summed E-state index contributed by atoms with van der Waals surface area (Å²) in [6.07, 6.45) is 1.63. The van der Waals surface area contributed by atoms with Crippen LogP contribution in [0.4, 0.5) is 16.2 Å². The first-order chi connectivity index (χ1) is 16.7. The number of hydrogen-bond acceptors (Lipinski definition) is 6. The minimum absolute atomic E-state index is 0.0256. The second kappa shape index (κ2) is 10.8. The van der Waals surface area contributed by atoms with Crippen molar-refractivity contribution in [1.29, 1.82) is 0 Å². The first-order valence-corrected chi connectivity index (χ1v) is 13.6. The molecule has 9 nitrogen and oxygen atoms in total. The highest BCUT2D eigenvalue weighted by molar-refractivity contribution is 7.89. The fraction of sp³-hybridized carbons (Fsp3) is 0.320. The average molecular weight is 530 g/mol. The van der Waals surface area contributed by atoms with E-state index in [0.29, 0.717) is 26.8 Å². The molecule has 0 bridgehead atoms. The van der Waals surface area contributed by atoms with Gasteiger partial charge in [-0.2, -0.15) is 0 Å². The largest absolute Gasteiger partial charge is 0.336 e. The highest BCUT2D eigenvalue weighted by Gasteiger charge is 2.26. The lowest BCUT2D eigenvalue weighted by atomic mass is 10.1. The molecule has 0 radical (unpaired) electrons. The molecule has 0 aliphatic carbocycles. The monoisotopic (exact) mass is 529 g/mol. The zero-order valence-electron chi connectivity index (χ0n) is 21.1. The molecular weight excluding hydrogens is 498 g/mol. The van der Waals surface area contributed by atoms with Crippen molar-refractivity contribution in [3.63, 3.8) is 0 Å². The minimum atomic E-state index is -3.90. The number of rotatable bonds is 7. The van der Waals surface area contributed by atoms with Gasteiger partial charge in [-0.15, -0.1) is 11.3 Å². The number of benzene rings is 2. The molecule has 0 saturated carbocycles. The molecule has 1 aromatic heterocycles. The normalized spacial score (nSPS) is 11.9. The Balaban J connectivity index is 1.94. The van der Waals surface area contributed by atoms with E-state index in [1.165, 1.54) is 24.3 Å². The number of carbonyl (C=O) groups is 2. The van der Waals surface area contributed by atoms with Crippen LogP contribution in [0.2, 0.25) is 0 Å². The lowest BCUT2D eigenvalue weighted by Crippen LogP contribution is -2.40. The summed E-state index contributed by atoms with van der Waals surface area (Å²) in [5.41, 5.74) is 1.64. The van der Waals surface area contributed by atoms with Crippen molar-refractivity contribution in [2.45, 2.75) is 58.0 Å². The standard InChI is InChI=1S/C25H31N5O4S2/c1-15(2)27-24(32)29-18-9-7-17(8-10-18)23-26-14-21(35-23)20-12-11-19(28-16(3)31)13-22(20)36(33,34)30-25(4,5)6/h7-15,30H,1-6H3,(H,28,31)(H2,27,29,32). The van der Waals surface area contributed by atoms with Crippen LogP contribution in [0.1, 0.15) is 41.5 Å². The van der Waals surface area contributed by atoms with Gasteiger partial charge in [-0.05, 0) is 71.0 Å². The van der Waals surface area contributed by atoms with Crippen LogP contribution in [-0.2, 0) is 14.8 Å². The summed E-state index contributed by atoms with van der Waals surface area (Å²) >= 11 is 1.34. The lowest BCUT2D eigenvalue weighted by Gasteiger charge is -2.22. The van der Waals surface area contributed by atoms with Crippen LogP contribution in [0.3, 0.4) is 0 Å². The predicted molar refractivity (Wildman–Crippen MR) is 145 cm³/mol. The molecule has 1 heterocycles. The number of nitrogens with one attached hydrogen (secondary N) is 4. The fourth-order valence-electron chi connectivity index (χ4n) is 3.34. The van der Waals surface area contributed by atoms with Crippen molar-refractivity contribution in [3.05, 3.63) is 48.7 Å². The van der Waals surface area contributed by atoms with Gasteiger partial charge in [0.2, 0.25) is 15.9 Å². The number of carbonyl (C=O) groups excluding carboxylic acids is 2. The molecule has 0 unspecified atom stereocenters. The summed E-state index contributed by atoms with van der Waals surface area (Å²) in [6.45, 7) is 10.4. The van der Waals surface area contributed by atoms with Gasteiger partial charge in [-0.1, -0.05) is 6.07 Å². The summed E-state index contributed by atoms with van der Waals surface area (Å²) in [6, 6.07) is 11.8. The van der Waals surface area contributed by atoms with Crippen molar-refractivity contribution in [2.24, 2.45) is 0 Å². The molecule has 3 amide bonds. The van der Waals surface area contributed by atoms with Crippen LogP contribution in [0, 0.1) is 0 Å². The molecule has 3 rings (SSSR count). The summed E-state index contributed by atoms with van der Waals surface area (Å²) < 4.78 is 29.2. The summed E-state index contributed by atoms with van der Waals surface area (Å²) in [4.78, 5) is 28.7. The number of amides is 3. The topological polar surface area (TPSA) is 129 Å². The third-order valence-electron chi connectivity index (χ3n) is 4.61. The van der Waals surface area contributed by atoms with Crippen LogP contribution in [0.15, 0.2) is 53.6 Å². The van der Waals surface area contributed by atoms with Crippen LogP contribution in [0.5, 0.6) is 0 Å². The highest BCUT2D eigenvalue weighted by atomic mass is 32.2. The molecule has 36 heavy (non-hydrogen) atoms. The summed E-state index contributed by atoms with van der Waals surface area (Å²) in [5.74, 6) is -0.297. The Morgan fingerprint density at radius 1 is 0.972 bits per heavy atom. The van der Waals surface area contributed by atoms with E-state index in [1.54, 1.807) is 51.2 Å². The van der Waals surface area contributed by atoms with Gasteiger partial charge >= 0.3 is 6.03 Å². The Kier molecular flexibility index (Phi) is 8.17. The summed E-state index contributed by atoms with van der Waals surface area (Å²) in [5, 5.41) is 8.88.